The van der Waals surface area contributed by atoms with Crippen LogP contribution < -0.4 is 11.1 Å². The van der Waals surface area contributed by atoms with Crippen LogP contribution >= 0.6 is 11.6 Å². The van der Waals surface area contributed by atoms with Crippen molar-refractivity contribution in [2.24, 2.45) is 0 Å². The normalized spacial score (nSPS) is 10.0. The van der Waals surface area contributed by atoms with Crippen LogP contribution in [0.5, 0.6) is 0 Å². The number of esters is 1. The number of nitrogen functional groups attached to an aromatic ring is 1. The van der Waals surface area contributed by atoms with Crippen LogP contribution in [0.1, 0.15) is 10.4 Å². The topological polar surface area (TPSA) is 137 Å². The van der Waals surface area contributed by atoms with Crippen LogP contribution in [0.4, 0.5) is 17.1 Å². The lowest BCUT2D eigenvalue weighted by Gasteiger charge is -2.08. The summed E-state index contributed by atoms with van der Waals surface area (Å²) in [6.45, 7) is -0.619. The van der Waals surface area contributed by atoms with Crippen molar-refractivity contribution in [2.45, 2.75) is 0 Å². The Labute approximate surface area is 140 Å². The number of aromatic nitrogens is 1. The fraction of sp³-hybridized carbons (Fsp3) is 0.0714. The monoisotopic (exact) mass is 350 g/mol. The Morgan fingerprint density at radius 1 is 1.38 bits per heavy atom. The first-order valence-corrected chi connectivity index (χ1v) is 6.87. The molecule has 1 heterocycles. The van der Waals surface area contributed by atoms with Gasteiger partial charge in [-0.2, -0.15) is 0 Å². The smallest absolute Gasteiger partial charge is 0.341 e. The summed E-state index contributed by atoms with van der Waals surface area (Å²) in [5.41, 5.74) is 5.34. The number of halogens is 1. The van der Waals surface area contributed by atoms with Crippen molar-refractivity contribution in [3.05, 3.63) is 57.4 Å². The Hall–Kier alpha value is -3.20. The van der Waals surface area contributed by atoms with Gasteiger partial charge in [-0.3, -0.25) is 14.9 Å². The lowest BCUT2D eigenvalue weighted by molar-refractivity contribution is -0.384. The van der Waals surface area contributed by atoms with Gasteiger partial charge in [0.1, 0.15) is 0 Å². The predicted molar refractivity (Wildman–Crippen MR) is 85.7 cm³/mol. The molecule has 0 radical (unpaired) electrons. The van der Waals surface area contributed by atoms with Gasteiger partial charge >= 0.3 is 5.97 Å². The maximum atomic E-state index is 11.9. The third kappa shape index (κ3) is 4.17. The highest BCUT2D eigenvalue weighted by Crippen LogP contribution is 2.21. The highest BCUT2D eigenvalue weighted by Gasteiger charge is 2.18. The van der Waals surface area contributed by atoms with E-state index >= 15 is 0 Å². The first-order chi connectivity index (χ1) is 11.4. The zero-order chi connectivity index (χ0) is 17.7. The highest BCUT2D eigenvalue weighted by molar-refractivity contribution is 6.32. The molecule has 1 aromatic carbocycles. The number of carbonyl (C=O) groups excluding carboxylic acids is 2. The average Bonchev–Trinajstić information content (AvgIpc) is 2.55. The molecule has 0 aliphatic heterocycles. The fourth-order valence-electron chi connectivity index (χ4n) is 1.71. The molecule has 0 atom stereocenters. The summed E-state index contributed by atoms with van der Waals surface area (Å²) in [6.07, 6.45) is 1.45. The van der Waals surface area contributed by atoms with E-state index in [9.17, 15) is 19.7 Å². The summed E-state index contributed by atoms with van der Waals surface area (Å²) in [4.78, 5) is 37.5. The number of hydrogen-bond acceptors (Lipinski definition) is 7. The van der Waals surface area contributed by atoms with E-state index in [0.29, 0.717) is 0 Å². The standard InChI is InChI=1S/C14H11ClN4O5/c15-13-11(2-1-5-17-13)18-12(20)7-24-14(21)9-6-8(19(22)23)3-4-10(9)16/h1-6H,7,16H2,(H,18,20). The summed E-state index contributed by atoms with van der Waals surface area (Å²) in [5, 5.41) is 13.2. The van der Waals surface area contributed by atoms with Crippen molar-refractivity contribution in [3.8, 4) is 0 Å². The summed E-state index contributed by atoms with van der Waals surface area (Å²) in [5.74, 6) is -1.61. The van der Waals surface area contributed by atoms with E-state index in [2.05, 4.69) is 10.3 Å². The number of amides is 1. The lowest BCUT2D eigenvalue weighted by Crippen LogP contribution is -2.21. The molecule has 0 aliphatic rings. The molecule has 0 spiro atoms. The summed E-state index contributed by atoms with van der Waals surface area (Å²) >= 11 is 5.78. The number of non-ortho nitro benzene ring substituents is 1. The van der Waals surface area contributed by atoms with Crippen LogP contribution in [0.25, 0.3) is 0 Å². The zero-order valence-electron chi connectivity index (χ0n) is 12.1. The quantitative estimate of drug-likeness (QED) is 0.276. The number of nitrogens with two attached hydrogens (primary N) is 1. The molecule has 124 valence electrons. The molecule has 1 amide bonds. The van der Waals surface area contributed by atoms with Gasteiger partial charge in [-0.05, 0) is 18.2 Å². The van der Waals surface area contributed by atoms with E-state index < -0.39 is 23.4 Å². The number of benzene rings is 1. The Bertz CT molecular complexity index is 812. The maximum absolute atomic E-state index is 11.9. The molecule has 2 aromatic rings. The van der Waals surface area contributed by atoms with Gasteiger partial charge in [0.05, 0.1) is 16.2 Å². The van der Waals surface area contributed by atoms with Gasteiger partial charge in [-0.25, -0.2) is 9.78 Å². The van der Waals surface area contributed by atoms with Gasteiger partial charge in [0, 0.05) is 24.0 Å². The second-order valence-electron chi connectivity index (χ2n) is 4.49. The van der Waals surface area contributed by atoms with Gasteiger partial charge < -0.3 is 15.8 Å². The van der Waals surface area contributed by atoms with Crippen molar-refractivity contribution in [1.82, 2.24) is 4.98 Å². The molecule has 2 rings (SSSR count). The molecule has 9 nitrogen and oxygen atoms in total. The van der Waals surface area contributed by atoms with Crippen LogP contribution in [0.3, 0.4) is 0 Å². The number of ether oxygens (including phenoxy) is 1. The number of nitrogens with one attached hydrogen (secondary N) is 1. The Balaban J connectivity index is 2.00. The predicted octanol–water partition coefficient (Wildman–Crippen LogP) is 2.02. The molecule has 0 saturated carbocycles. The lowest BCUT2D eigenvalue weighted by atomic mass is 10.1. The van der Waals surface area contributed by atoms with Crippen LogP contribution in [0.2, 0.25) is 5.15 Å². The Kier molecular flexibility index (Phi) is 5.27. The van der Waals surface area contributed by atoms with E-state index in [1.807, 2.05) is 0 Å². The second-order valence-corrected chi connectivity index (χ2v) is 4.85. The van der Waals surface area contributed by atoms with Crippen molar-refractivity contribution in [1.29, 1.82) is 0 Å². The Morgan fingerprint density at radius 3 is 2.79 bits per heavy atom. The van der Waals surface area contributed by atoms with Crippen molar-refractivity contribution >= 4 is 40.5 Å². The van der Waals surface area contributed by atoms with Crippen molar-refractivity contribution in [2.75, 3.05) is 17.7 Å². The molecule has 0 saturated heterocycles. The minimum atomic E-state index is -0.955. The summed E-state index contributed by atoms with van der Waals surface area (Å²) in [6, 6.07) is 6.44. The number of nitro benzene ring substituents is 1. The molecule has 0 fully saturated rings. The second kappa shape index (κ2) is 7.38. The third-order valence-corrected chi connectivity index (χ3v) is 3.14. The minimum absolute atomic E-state index is 0.00121. The van der Waals surface area contributed by atoms with E-state index in [-0.39, 0.29) is 27.8 Å². The Morgan fingerprint density at radius 2 is 2.12 bits per heavy atom. The number of rotatable bonds is 5. The molecule has 1 aromatic heterocycles. The molecular formula is C14H11ClN4O5. The maximum Gasteiger partial charge on any atom is 0.341 e. The number of nitro groups is 1. The van der Waals surface area contributed by atoms with E-state index in [1.54, 1.807) is 6.07 Å². The van der Waals surface area contributed by atoms with Crippen LogP contribution in [-0.4, -0.2) is 28.4 Å². The molecule has 3 N–H and O–H groups in total. The van der Waals surface area contributed by atoms with Gasteiger partial charge in [-0.15, -0.1) is 0 Å². The molecular weight excluding hydrogens is 340 g/mol. The first kappa shape index (κ1) is 17.2. The van der Waals surface area contributed by atoms with Crippen molar-refractivity contribution < 1.29 is 19.2 Å². The molecule has 10 heteroatoms. The van der Waals surface area contributed by atoms with Crippen LogP contribution in [-0.2, 0) is 9.53 Å². The van der Waals surface area contributed by atoms with E-state index in [1.165, 1.54) is 18.3 Å². The van der Waals surface area contributed by atoms with Crippen LogP contribution in [0.15, 0.2) is 36.5 Å². The average molecular weight is 351 g/mol. The summed E-state index contributed by atoms with van der Waals surface area (Å²) in [7, 11) is 0. The fourth-order valence-corrected chi connectivity index (χ4v) is 1.88. The number of pyridine rings is 1. The summed E-state index contributed by atoms with van der Waals surface area (Å²) < 4.78 is 4.80. The van der Waals surface area contributed by atoms with Gasteiger partial charge in [-0.1, -0.05) is 11.6 Å². The molecule has 0 bridgehead atoms. The number of hydrogen-bond donors (Lipinski definition) is 2. The van der Waals surface area contributed by atoms with Gasteiger partial charge in [0.15, 0.2) is 11.8 Å². The largest absolute Gasteiger partial charge is 0.452 e. The zero-order valence-corrected chi connectivity index (χ0v) is 12.8. The highest BCUT2D eigenvalue weighted by atomic mass is 35.5. The molecule has 0 unspecified atom stereocenters. The SMILES string of the molecule is Nc1ccc([N+](=O)[O-])cc1C(=O)OCC(=O)Nc1cccnc1Cl. The van der Waals surface area contributed by atoms with Crippen LogP contribution in [0, 0.1) is 10.1 Å². The minimum Gasteiger partial charge on any atom is -0.452 e. The van der Waals surface area contributed by atoms with E-state index in [4.69, 9.17) is 22.1 Å². The van der Waals surface area contributed by atoms with Crippen molar-refractivity contribution in [3.63, 3.8) is 0 Å². The van der Waals surface area contributed by atoms with Gasteiger partial charge in [0.2, 0.25) is 0 Å². The number of anilines is 2. The molecule has 0 aliphatic carbocycles. The number of nitrogens with zero attached hydrogens (tertiary/aromatic N) is 2. The first-order valence-electron chi connectivity index (χ1n) is 6.50. The van der Waals surface area contributed by atoms with Gasteiger partial charge in [0.25, 0.3) is 11.6 Å². The third-order valence-electron chi connectivity index (χ3n) is 2.84. The number of carbonyl (C=O) groups is 2. The molecule has 24 heavy (non-hydrogen) atoms. The van der Waals surface area contributed by atoms with E-state index in [0.717, 1.165) is 12.1 Å².